The fourth-order valence-electron chi connectivity index (χ4n) is 5.52. The zero-order valence-electron chi connectivity index (χ0n) is 25.0. The summed E-state index contributed by atoms with van der Waals surface area (Å²) in [5, 5.41) is 9.87. The van der Waals surface area contributed by atoms with E-state index < -0.39 is 0 Å². The van der Waals surface area contributed by atoms with E-state index in [1.807, 2.05) is 19.9 Å². The van der Waals surface area contributed by atoms with Gasteiger partial charge in [0.25, 0.3) is 11.5 Å². The Morgan fingerprint density at radius 1 is 0.900 bits per heavy atom. The number of unbranched alkanes of at least 4 members (excludes halogenated alkanes) is 9. The lowest BCUT2D eigenvalue weighted by molar-refractivity contribution is -0.122. The normalized spacial score (nSPS) is 17.3. The molecule has 2 saturated heterocycles. The number of carbonyl (C=O) groups excluding carboxylic acids is 1. The van der Waals surface area contributed by atoms with E-state index in [1.54, 1.807) is 9.47 Å². The second-order valence-corrected chi connectivity index (χ2v) is 12.8. The van der Waals surface area contributed by atoms with Crippen LogP contribution in [0.15, 0.2) is 9.70 Å². The van der Waals surface area contributed by atoms with Crippen LogP contribution in [0.5, 0.6) is 0 Å². The number of hydrogen-bond donors (Lipinski definition) is 0. The Bertz CT molecular complexity index is 1160. The SMILES string of the molecule is CCCCCCCCCCCCN1C(=O)/C(=C\c2c(C)c(C#N)c(=O)n(CCC)c2N2CCN(C)CC2)SC1=S. The van der Waals surface area contributed by atoms with Crippen LogP contribution in [0.25, 0.3) is 6.08 Å². The molecule has 3 rings (SSSR count). The van der Waals surface area contributed by atoms with Crippen molar-refractivity contribution >= 4 is 46.1 Å². The molecule has 0 aliphatic carbocycles. The highest BCUT2D eigenvalue weighted by atomic mass is 32.2. The van der Waals surface area contributed by atoms with Crippen molar-refractivity contribution in [2.75, 3.05) is 44.7 Å². The number of hydrogen-bond acceptors (Lipinski definition) is 7. The smallest absolute Gasteiger partial charge is 0.270 e. The van der Waals surface area contributed by atoms with E-state index in [-0.39, 0.29) is 17.0 Å². The third-order valence-electron chi connectivity index (χ3n) is 7.98. The monoisotopic (exact) mass is 585 g/mol. The fraction of sp³-hybridized carbons (Fsp3) is 0.677. The zero-order chi connectivity index (χ0) is 29.1. The molecule has 0 aromatic carbocycles. The molecule has 0 radical (unpaired) electrons. The second kappa shape index (κ2) is 16.3. The van der Waals surface area contributed by atoms with Gasteiger partial charge < -0.3 is 9.80 Å². The highest BCUT2D eigenvalue weighted by Gasteiger charge is 2.33. The predicted octanol–water partition coefficient (Wildman–Crippen LogP) is 6.31. The first-order valence-electron chi connectivity index (χ1n) is 15.2. The summed E-state index contributed by atoms with van der Waals surface area (Å²) >= 11 is 6.96. The van der Waals surface area contributed by atoms with Crippen LogP contribution >= 0.6 is 24.0 Å². The van der Waals surface area contributed by atoms with Gasteiger partial charge in [0.2, 0.25) is 0 Å². The Balaban J connectivity index is 1.76. The maximum absolute atomic E-state index is 13.5. The molecule has 3 heterocycles. The fourth-order valence-corrected chi connectivity index (χ4v) is 6.81. The van der Waals surface area contributed by atoms with E-state index in [0.717, 1.165) is 56.8 Å². The van der Waals surface area contributed by atoms with Gasteiger partial charge in [-0.1, -0.05) is 95.6 Å². The summed E-state index contributed by atoms with van der Waals surface area (Å²) in [5.74, 6) is 0.748. The predicted molar refractivity (Wildman–Crippen MR) is 172 cm³/mol. The van der Waals surface area contributed by atoms with Crippen LogP contribution in [0.3, 0.4) is 0 Å². The molecule has 2 aliphatic heterocycles. The van der Waals surface area contributed by atoms with Crippen molar-refractivity contribution in [3.05, 3.63) is 31.9 Å². The number of nitriles is 1. The Morgan fingerprint density at radius 2 is 1.50 bits per heavy atom. The van der Waals surface area contributed by atoms with Gasteiger partial charge in [0.1, 0.15) is 21.8 Å². The van der Waals surface area contributed by atoms with Crippen LogP contribution in [0.4, 0.5) is 5.82 Å². The van der Waals surface area contributed by atoms with Gasteiger partial charge in [0.05, 0.1) is 4.91 Å². The molecule has 1 aromatic heterocycles. The van der Waals surface area contributed by atoms with Crippen molar-refractivity contribution in [3.8, 4) is 6.07 Å². The van der Waals surface area contributed by atoms with Gasteiger partial charge in [-0.05, 0) is 38.5 Å². The number of piperazine rings is 1. The average molecular weight is 586 g/mol. The molecule has 40 heavy (non-hydrogen) atoms. The summed E-state index contributed by atoms with van der Waals surface area (Å²) in [6, 6.07) is 2.14. The van der Waals surface area contributed by atoms with Crippen LogP contribution in [0.2, 0.25) is 0 Å². The molecule has 0 saturated carbocycles. The number of likely N-dealkylation sites (N-methyl/N-ethyl adjacent to an activating group) is 1. The molecule has 2 fully saturated rings. The highest BCUT2D eigenvalue weighted by Crippen LogP contribution is 2.36. The number of thiocarbonyl (C=S) groups is 1. The number of rotatable bonds is 15. The second-order valence-electron chi connectivity index (χ2n) is 11.1. The molecule has 0 N–H and O–H groups in total. The molecular formula is C31H47N5O2S2. The largest absolute Gasteiger partial charge is 0.355 e. The Hall–Kier alpha value is -2.15. The molecule has 220 valence electrons. The van der Waals surface area contributed by atoms with Gasteiger partial charge in [-0.15, -0.1) is 0 Å². The van der Waals surface area contributed by atoms with E-state index in [2.05, 4.69) is 29.8 Å². The summed E-state index contributed by atoms with van der Waals surface area (Å²) < 4.78 is 2.33. The molecular weight excluding hydrogens is 539 g/mol. The number of amides is 1. The molecule has 0 spiro atoms. The van der Waals surface area contributed by atoms with Crippen LogP contribution < -0.4 is 10.5 Å². The third-order valence-corrected chi connectivity index (χ3v) is 9.36. The molecule has 2 aliphatic rings. The summed E-state index contributed by atoms with van der Waals surface area (Å²) in [5.41, 5.74) is 1.32. The van der Waals surface area contributed by atoms with E-state index in [1.165, 1.54) is 63.1 Å². The Kier molecular flexibility index (Phi) is 13.2. The number of thioether (sulfide) groups is 1. The van der Waals surface area contributed by atoms with Crippen LogP contribution in [0.1, 0.15) is 101 Å². The number of anilines is 1. The minimum Gasteiger partial charge on any atom is -0.355 e. The Morgan fingerprint density at radius 3 is 2.08 bits per heavy atom. The number of pyridine rings is 1. The summed E-state index contributed by atoms with van der Waals surface area (Å²) in [6.07, 6.45) is 15.1. The molecule has 0 bridgehead atoms. The van der Waals surface area contributed by atoms with Gasteiger partial charge >= 0.3 is 0 Å². The summed E-state index contributed by atoms with van der Waals surface area (Å²) in [7, 11) is 2.10. The molecule has 9 heteroatoms. The van der Waals surface area contributed by atoms with Gasteiger partial charge in [0, 0.05) is 44.8 Å². The first kappa shape index (κ1) is 32.4. The number of carbonyl (C=O) groups is 1. The molecule has 1 aromatic rings. The van der Waals surface area contributed by atoms with Crippen molar-refractivity contribution in [3.63, 3.8) is 0 Å². The molecule has 0 unspecified atom stereocenters. The number of nitrogens with zero attached hydrogens (tertiary/aromatic N) is 5. The van der Waals surface area contributed by atoms with Crippen molar-refractivity contribution in [2.45, 2.75) is 97.9 Å². The van der Waals surface area contributed by atoms with E-state index in [0.29, 0.717) is 27.9 Å². The van der Waals surface area contributed by atoms with E-state index >= 15 is 0 Å². The molecule has 7 nitrogen and oxygen atoms in total. The van der Waals surface area contributed by atoms with Gasteiger partial charge in [-0.3, -0.25) is 19.1 Å². The Labute approximate surface area is 250 Å². The zero-order valence-corrected chi connectivity index (χ0v) is 26.6. The van der Waals surface area contributed by atoms with Crippen molar-refractivity contribution in [1.29, 1.82) is 5.26 Å². The summed E-state index contributed by atoms with van der Waals surface area (Å²) in [6.45, 7) is 10.6. The minimum atomic E-state index is -0.249. The maximum Gasteiger partial charge on any atom is 0.270 e. The molecule has 0 atom stereocenters. The third kappa shape index (κ3) is 8.20. The standard InChI is InChI=1S/C31H47N5O2S2/c1-5-7-8-9-10-11-12-13-14-15-17-36-30(38)27(40-31(36)39)22-25-24(3)26(23-32)29(37)35(16-6-2)28(25)34-20-18-33(4)19-21-34/h22H,5-21H2,1-4H3/b27-22+. The van der Waals surface area contributed by atoms with Crippen LogP contribution in [-0.2, 0) is 11.3 Å². The topological polar surface area (TPSA) is 72.6 Å². The molecule has 1 amide bonds. The van der Waals surface area contributed by atoms with Crippen LogP contribution in [0, 0.1) is 18.3 Å². The van der Waals surface area contributed by atoms with Gasteiger partial charge in [-0.25, -0.2) is 0 Å². The van der Waals surface area contributed by atoms with Crippen molar-refractivity contribution < 1.29 is 4.79 Å². The minimum absolute atomic E-state index is 0.0681. The first-order chi connectivity index (χ1) is 19.3. The lowest BCUT2D eigenvalue weighted by atomic mass is 10.0. The van der Waals surface area contributed by atoms with Crippen LogP contribution in [-0.4, -0.2) is 64.4 Å². The van der Waals surface area contributed by atoms with Crippen molar-refractivity contribution in [2.24, 2.45) is 0 Å². The quantitative estimate of drug-likeness (QED) is 0.136. The lowest BCUT2D eigenvalue weighted by Crippen LogP contribution is -2.47. The first-order valence-corrected chi connectivity index (χ1v) is 16.4. The summed E-state index contributed by atoms with van der Waals surface area (Å²) in [4.78, 5) is 33.6. The van der Waals surface area contributed by atoms with E-state index in [9.17, 15) is 14.9 Å². The highest BCUT2D eigenvalue weighted by molar-refractivity contribution is 8.26. The van der Waals surface area contributed by atoms with E-state index in [4.69, 9.17) is 12.2 Å². The number of aromatic nitrogens is 1. The van der Waals surface area contributed by atoms with Crippen molar-refractivity contribution in [1.82, 2.24) is 14.4 Å². The van der Waals surface area contributed by atoms with Gasteiger partial charge in [0.15, 0.2) is 0 Å². The lowest BCUT2D eigenvalue weighted by Gasteiger charge is -2.36. The maximum atomic E-state index is 13.5. The van der Waals surface area contributed by atoms with Gasteiger partial charge in [-0.2, -0.15) is 5.26 Å². The average Bonchev–Trinajstić information content (AvgIpc) is 3.20.